The molecule has 0 spiro atoms. The van der Waals surface area contributed by atoms with Crippen LogP contribution in [0.15, 0.2) is 66.7 Å². The first-order valence-corrected chi connectivity index (χ1v) is 12.9. The zero-order valence-corrected chi connectivity index (χ0v) is 20.8. The van der Waals surface area contributed by atoms with Gasteiger partial charge in [-0.2, -0.15) is 0 Å². The van der Waals surface area contributed by atoms with Gasteiger partial charge < -0.3 is 9.47 Å². The molecule has 1 saturated carbocycles. The van der Waals surface area contributed by atoms with Crippen LogP contribution in [0.4, 0.5) is 9.18 Å². The predicted octanol–water partition coefficient (Wildman–Crippen LogP) is 9.10. The Morgan fingerprint density at radius 1 is 0.829 bits per heavy atom. The third-order valence-electron chi connectivity index (χ3n) is 7.04. The second-order valence-electron chi connectivity index (χ2n) is 9.62. The summed E-state index contributed by atoms with van der Waals surface area (Å²) in [6.07, 6.45) is 8.59. The molecule has 0 bridgehead atoms. The molecular weight excluding hydrogens is 439 g/mol. The summed E-state index contributed by atoms with van der Waals surface area (Å²) in [6, 6.07) is 19.9. The molecule has 184 valence electrons. The second kappa shape index (κ2) is 12.0. The molecule has 0 aromatic heterocycles. The lowest BCUT2D eigenvalue weighted by atomic mass is 9.77. The van der Waals surface area contributed by atoms with Crippen LogP contribution in [0.2, 0.25) is 0 Å². The van der Waals surface area contributed by atoms with E-state index in [2.05, 4.69) is 19.9 Å². The lowest BCUT2D eigenvalue weighted by molar-refractivity contribution is 0.152. The van der Waals surface area contributed by atoms with E-state index in [0.717, 1.165) is 42.7 Å². The molecule has 0 aliphatic heterocycles. The zero-order chi connectivity index (χ0) is 24.6. The topological polar surface area (TPSA) is 35.5 Å². The molecule has 4 rings (SSSR count). The standard InChI is InChI=1S/C31H35FO3/c1-3-5-22-7-11-24(12-8-22)26-15-20-29(30(32)21-26)25-13-18-28(19-14-25)35-31(33)34-27-16-9-23(6-4-2)10-17-27/h9-10,13-22,24H,3-8,11-12H2,1-2H3. The highest BCUT2D eigenvalue weighted by Crippen LogP contribution is 2.38. The maximum atomic E-state index is 15.0. The van der Waals surface area contributed by atoms with Crippen LogP contribution in [-0.4, -0.2) is 6.16 Å². The van der Waals surface area contributed by atoms with E-state index in [1.165, 1.54) is 31.2 Å². The normalized spacial score (nSPS) is 17.7. The van der Waals surface area contributed by atoms with E-state index in [1.54, 1.807) is 42.5 Å². The van der Waals surface area contributed by atoms with Gasteiger partial charge in [-0.05, 0) is 91.0 Å². The van der Waals surface area contributed by atoms with Gasteiger partial charge in [-0.3, -0.25) is 0 Å². The number of carbonyl (C=O) groups is 1. The minimum atomic E-state index is -0.801. The first-order chi connectivity index (χ1) is 17.1. The maximum Gasteiger partial charge on any atom is 0.519 e. The summed E-state index contributed by atoms with van der Waals surface area (Å²) < 4.78 is 25.6. The van der Waals surface area contributed by atoms with Gasteiger partial charge in [0.15, 0.2) is 0 Å². The van der Waals surface area contributed by atoms with Crippen molar-refractivity contribution in [1.82, 2.24) is 0 Å². The largest absolute Gasteiger partial charge is 0.519 e. The van der Waals surface area contributed by atoms with Crippen LogP contribution in [0.25, 0.3) is 11.1 Å². The van der Waals surface area contributed by atoms with Crippen LogP contribution in [0.3, 0.4) is 0 Å². The molecule has 3 nitrogen and oxygen atoms in total. The van der Waals surface area contributed by atoms with Crippen LogP contribution in [-0.2, 0) is 6.42 Å². The lowest BCUT2D eigenvalue weighted by Gasteiger charge is -2.28. The molecule has 35 heavy (non-hydrogen) atoms. The van der Waals surface area contributed by atoms with E-state index in [9.17, 15) is 4.79 Å². The van der Waals surface area contributed by atoms with Gasteiger partial charge >= 0.3 is 6.16 Å². The lowest BCUT2D eigenvalue weighted by Crippen LogP contribution is -2.13. The maximum absolute atomic E-state index is 15.0. The van der Waals surface area contributed by atoms with Crippen molar-refractivity contribution in [3.8, 4) is 22.6 Å². The van der Waals surface area contributed by atoms with Gasteiger partial charge in [-0.15, -0.1) is 0 Å². The molecule has 1 fully saturated rings. The highest BCUT2D eigenvalue weighted by molar-refractivity contribution is 5.69. The van der Waals surface area contributed by atoms with E-state index in [1.807, 2.05) is 18.2 Å². The van der Waals surface area contributed by atoms with Crippen molar-refractivity contribution in [2.45, 2.75) is 71.1 Å². The predicted molar refractivity (Wildman–Crippen MR) is 139 cm³/mol. The summed E-state index contributed by atoms with van der Waals surface area (Å²) in [6.45, 7) is 4.37. The molecule has 0 saturated heterocycles. The van der Waals surface area contributed by atoms with Crippen LogP contribution in [0, 0.1) is 11.7 Å². The Hall–Kier alpha value is -3.14. The highest BCUT2D eigenvalue weighted by atomic mass is 19.1. The molecule has 0 amide bonds. The Morgan fingerprint density at radius 2 is 1.46 bits per heavy atom. The summed E-state index contributed by atoms with van der Waals surface area (Å²) in [4.78, 5) is 12.1. The van der Waals surface area contributed by atoms with E-state index in [-0.39, 0.29) is 5.82 Å². The van der Waals surface area contributed by atoms with E-state index < -0.39 is 6.16 Å². The smallest absolute Gasteiger partial charge is 0.395 e. The third kappa shape index (κ3) is 6.72. The molecule has 0 N–H and O–H groups in total. The average Bonchev–Trinajstić information content (AvgIpc) is 2.87. The van der Waals surface area contributed by atoms with E-state index in [4.69, 9.17) is 9.47 Å². The molecule has 1 aliphatic rings. The molecular formula is C31H35FO3. The average molecular weight is 475 g/mol. The second-order valence-corrected chi connectivity index (χ2v) is 9.62. The Balaban J connectivity index is 1.34. The Labute approximate surface area is 208 Å². The number of ether oxygens (including phenoxy) is 2. The fraction of sp³-hybridized carbons (Fsp3) is 0.387. The quantitative estimate of drug-likeness (QED) is 0.241. The van der Waals surface area contributed by atoms with Crippen LogP contribution in [0.1, 0.15) is 75.8 Å². The van der Waals surface area contributed by atoms with Gasteiger partial charge in [0, 0.05) is 5.56 Å². The van der Waals surface area contributed by atoms with Crippen molar-refractivity contribution in [3.63, 3.8) is 0 Å². The molecule has 3 aromatic rings. The molecule has 0 radical (unpaired) electrons. The molecule has 0 unspecified atom stereocenters. The van der Waals surface area contributed by atoms with Crippen molar-refractivity contribution < 1.29 is 18.7 Å². The fourth-order valence-electron chi connectivity index (χ4n) is 5.14. The minimum Gasteiger partial charge on any atom is -0.395 e. The number of carbonyl (C=O) groups excluding carboxylic acids is 1. The number of hydrogen-bond donors (Lipinski definition) is 0. The first-order valence-electron chi connectivity index (χ1n) is 12.9. The van der Waals surface area contributed by atoms with Crippen molar-refractivity contribution in [3.05, 3.63) is 83.7 Å². The third-order valence-corrected chi connectivity index (χ3v) is 7.04. The summed E-state index contributed by atoms with van der Waals surface area (Å²) >= 11 is 0. The van der Waals surface area contributed by atoms with Gasteiger partial charge in [-0.25, -0.2) is 9.18 Å². The fourth-order valence-corrected chi connectivity index (χ4v) is 5.14. The molecule has 0 heterocycles. The highest BCUT2D eigenvalue weighted by Gasteiger charge is 2.22. The van der Waals surface area contributed by atoms with Gasteiger partial charge in [-0.1, -0.05) is 69.5 Å². The number of rotatable bonds is 8. The van der Waals surface area contributed by atoms with Crippen LogP contribution in [0.5, 0.6) is 11.5 Å². The van der Waals surface area contributed by atoms with E-state index >= 15 is 4.39 Å². The van der Waals surface area contributed by atoms with Crippen molar-refractivity contribution >= 4 is 6.16 Å². The first kappa shape index (κ1) is 25.0. The Morgan fingerprint density at radius 3 is 2.03 bits per heavy atom. The van der Waals surface area contributed by atoms with Gasteiger partial charge in [0.2, 0.25) is 0 Å². The Kier molecular flexibility index (Phi) is 8.57. The molecule has 1 aliphatic carbocycles. The molecule has 0 atom stereocenters. The number of halogens is 1. The van der Waals surface area contributed by atoms with Crippen LogP contribution < -0.4 is 9.47 Å². The summed E-state index contributed by atoms with van der Waals surface area (Å²) in [5, 5.41) is 0. The van der Waals surface area contributed by atoms with Crippen molar-refractivity contribution in [2.75, 3.05) is 0 Å². The Bertz CT molecular complexity index is 1100. The summed E-state index contributed by atoms with van der Waals surface area (Å²) in [5.41, 5.74) is 3.60. The SMILES string of the molecule is CCCc1ccc(OC(=O)Oc2ccc(-c3ccc(C4CCC(CCC)CC4)cc3F)cc2)cc1. The van der Waals surface area contributed by atoms with Gasteiger partial charge in [0.25, 0.3) is 0 Å². The number of aryl methyl sites for hydroxylation is 1. The minimum absolute atomic E-state index is 0.210. The number of benzene rings is 3. The molecule has 4 heteroatoms. The summed E-state index contributed by atoms with van der Waals surface area (Å²) in [7, 11) is 0. The summed E-state index contributed by atoms with van der Waals surface area (Å²) in [5.74, 6) is 1.87. The van der Waals surface area contributed by atoms with Crippen molar-refractivity contribution in [2.24, 2.45) is 5.92 Å². The monoisotopic (exact) mass is 474 g/mol. The zero-order valence-electron chi connectivity index (χ0n) is 20.8. The number of hydrogen-bond acceptors (Lipinski definition) is 3. The molecule has 3 aromatic carbocycles. The van der Waals surface area contributed by atoms with E-state index in [0.29, 0.717) is 23.0 Å². The van der Waals surface area contributed by atoms with Gasteiger partial charge in [0.1, 0.15) is 17.3 Å². The van der Waals surface area contributed by atoms with Gasteiger partial charge in [0.05, 0.1) is 0 Å². The van der Waals surface area contributed by atoms with Crippen LogP contribution >= 0.6 is 0 Å². The van der Waals surface area contributed by atoms with Crippen molar-refractivity contribution in [1.29, 1.82) is 0 Å².